The number of rotatable bonds is 5. The van der Waals surface area contributed by atoms with Crippen LogP contribution in [0.4, 0.5) is 5.82 Å². The minimum absolute atomic E-state index is 0.243. The van der Waals surface area contributed by atoms with Crippen molar-refractivity contribution >= 4 is 33.3 Å². The van der Waals surface area contributed by atoms with E-state index in [1.807, 2.05) is 13.8 Å². The van der Waals surface area contributed by atoms with Crippen molar-refractivity contribution in [1.82, 2.24) is 14.9 Å². The number of hydrogen-bond donors (Lipinski definition) is 0. The van der Waals surface area contributed by atoms with Crippen LogP contribution in [0.15, 0.2) is 0 Å². The first-order valence-electron chi connectivity index (χ1n) is 11.1. The fraction of sp³-hybridized carbons (Fsp3) is 0.682. The molecule has 2 aliphatic rings. The molecule has 0 aliphatic carbocycles. The lowest BCUT2D eigenvalue weighted by molar-refractivity contribution is 0.0531. The molecule has 158 valence electrons. The van der Waals surface area contributed by atoms with Crippen LogP contribution in [0.2, 0.25) is 0 Å². The molecular weight excluding hydrogens is 384 g/mol. The maximum atomic E-state index is 12.5. The van der Waals surface area contributed by atoms with Gasteiger partial charge in [0.15, 0.2) is 0 Å². The van der Waals surface area contributed by atoms with Gasteiger partial charge in [0.2, 0.25) is 0 Å². The quantitative estimate of drug-likeness (QED) is 0.667. The van der Waals surface area contributed by atoms with E-state index < -0.39 is 0 Å². The Hall–Kier alpha value is -1.73. The zero-order valence-corrected chi connectivity index (χ0v) is 18.5. The third-order valence-corrected chi connectivity index (χ3v) is 7.16. The number of piperidine rings is 1. The predicted molar refractivity (Wildman–Crippen MR) is 118 cm³/mol. The van der Waals surface area contributed by atoms with Gasteiger partial charge in [-0.05, 0) is 58.2 Å². The zero-order chi connectivity index (χ0) is 20.2. The summed E-state index contributed by atoms with van der Waals surface area (Å²) in [7, 11) is 0. The molecule has 0 amide bonds. The number of carbonyl (C=O) groups is 1. The molecule has 0 bridgehead atoms. The van der Waals surface area contributed by atoms with E-state index in [1.54, 1.807) is 0 Å². The van der Waals surface area contributed by atoms with Gasteiger partial charge in [0, 0.05) is 13.1 Å². The number of fused-ring (bicyclic) bond motifs is 1. The second kappa shape index (κ2) is 9.39. The lowest BCUT2D eigenvalue weighted by Gasteiger charge is -2.27. The van der Waals surface area contributed by atoms with Crippen LogP contribution in [0, 0.1) is 6.92 Å². The number of aromatic nitrogens is 2. The first-order chi connectivity index (χ1) is 14.2. The summed E-state index contributed by atoms with van der Waals surface area (Å²) in [6, 6.07) is 0. The molecule has 2 fully saturated rings. The van der Waals surface area contributed by atoms with Crippen molar-refractivity contribution in [2.45, 2.75) is 65.3 Å². The maximum Gasteiger partial charge on any atom is 0.348 e. The molecule has 2 aliphatic heterocycles. The Balaban J connectivity index is 1.75. The average Bonchev–Trinajstić information content (AvgIpc) is 2.90. The lowest BCUT2D eigenvalue weighted by Crippen LogP contribution is -2.31. The first kappa shape index (κ1) is 20.5. The Morgan fingerprint density at radius 1 is 1.00 bits per heavy atom. The Labute approximate surface area is 177 Å². The van der Waals surface area contributed by atoms with Crippen molar-refractivity contribution in [3.8, 4) is 0 Å². The summed E-state index contributed by atoms with van der Waals surface area (Å²) < 4.78 is 5.30. The molecule has 0 atom stereocenters. The summed E-state index contributed by atoms with van der Waals surface area (Å²) in [6.45, 7) is 9.34. The van der Waals surface area contributed by atoms with Crippen molar-refractivity contribution in [3.05, 3.63) is 16.3 Å². The number of thiophene rings is 1. The standard InChI is InChI=1S/C22H32N4O2S/c1-3-28-22(27)19-16(2)18-20(26-13-9-4-5-10-14-26)23-17(24-21(18)29-19)15-25-11-7-6-8-12-25/h3-15H2,1-2H3. The predicted octanol–water partition coefficient (Wildman–Crippen LogP) is 4.54. The minimum Gasteiger partial charge on any atom is -0.462 e. The Kier molecular flexibility index (Phi) is 6.65. The summed E-state index contributed by atoms with van der Waals surface area (Å²) in [4.78, 5) is 28.9. The number of esters is 1. The van der Waals surface area contributed by atoms with Crippen molar-refractivity contribution < 1.29 is 9.53 Å². The van der Waals surface area contributed by atoms with Crippen molar-refractivity contribution in [3.63, 3.8) is 0 Å². The third kappa shape index (κ3) is 4.56. The molecule has 0 N–H and O–H groups in total. The van der Waals surface area contributed by atoms with E-state index in [0.717, 1.165) is 60.1 Å². The smallest absolute Gasteiger partial charge is 0.348 e. The van der Waals surface area contributed by atoms with Gasteiger partial charge in [-0.1, -0.05) is 19.3 Å². The summed E-state index contributed by atoms with van der Waals surface area (Å²) in [5, 5.41) is 1.04. The third-order valence-electron chi connectivity index (χ3n) is 6.00. The number of aryl methyl sites for hydroxylation is 1. The number of likely N-dealkylation sites (tertiary alicyclic amines) is 1. The number of hydrogen-bond acceptors (Lipinski definition) is 7. The zero-order valence-electron chi connectivity index (χ0n) is 17.7. The number of anilines is 1. The fourth-order valence-electron chi connectivity index (χ4n) is 4.45. The lowest BCUT2D eigenvalue weighted by atomic mass is 10.1. The van der Waals surface area contributed by atoms with Crippen LogP contribution in [-0.4, -0.2) is 53.6 Å². The van der Waals surface area contributed by atoms with Gasteiger partial charge in [-0.2, -0.15) is 0 Å². The molecule has 4 heterocycles. The SMILES string of the molecule is CCOC(=O)c1sc2nc(CN3CCCCC3)nc(N3CCCCCC3)c2c1C. The van der Waals surface area contributed by atoms with Gasteiger partial charge in [0.25, 0.3) is 0 Å². The summed E-state index contributed by atoms with van der Waals surface area (Å²) >= 11 is 1.46. The van der Waals surface area contributed by atoms with Crippen LogP contribution < -0.4 is 4.90 Å². The number of carbonyl (C=O) groups excluding carboxylic acids is 1. The molecule has 6 nitrogen and oxygen atoms in total. The average molecular weight is 417 g/mol. The molecule has 29 heavy (non-hydrogen) atoms. The van der Waals surface area contributed by atoms with Gasteiger partial charge in [0.05, 0.1) is 18.5 Å². The fourth-order valence-corrected chi connectivity index (χ4v) is 5.54. The highest BCUT2D eigenvalue weighted by molar-refractivity contribution is 7.20. The van der Waals surface area contributed by atoms with Crippen molar-refractivity contribution in [2.24, 2.45) is 0 Å². The summed E-state index contributed by atoms with van der Waals surface area (Å²) in [6.07, 6.45) is 8.78. The minimum atomic E-state index is -0.243. The Bertz CT molecular complexity index is 852. The highest BCUT2D eigenvalue weighted by atomic mass is 32.1. The Morgan fingerprint density at radius 2 is 1.66 bits per heavy atom. The van der Waals surface area contributed by atoms with E-state index in [-0.39, 0.29) is 5.97 Å². The molecule has 4 rings (SSSR count). The summed E-state index contributed by atoms with van der Waals surface area (Å²) in [5.41, 5.74) is 0.965. The van der Waals surface area contributed by atoms with Crippen molar-refractivity contribution in [2.75, 3.05) is 37.7 Å². The monoisotopic (exact) mass is 416 g/mol. The van der Waals surface area contributed by atoms with Crippen LogP contribution in [0.5, 0.6) is 0 Å². The second-order valence-corrected chi connectivity index (χ2v) is 9.16. The van der Waals surface area contributed by atoms with E-state index in [0.29, 0.717) is 11.5 Å². The molecule has 0 aromatic carbocycles. The molecule has 0 radical (unpaired) electrons. The van der Waals surface area contributed by atoms with Crippen LogP contribution in [-0.2, 0) is 11.3 Å². The summed E-state index contributed by atoms with van der Waals surface area (Å²) in [5.74, 6) is 1.66. The van der Waals surface area contributed by atoms with Crippen LogP contribution in [0.1, 0.15) is 72.9 Å². The highest BCUT2D eigenvalue weighted by Gasteiger charge is 2.25. The number of nitrogens with zero attached hydrogens (tertiary/aromatic N) is 4. The molecule has 7 heteroatoms. The van der Waals surface area contributed by atoms with E-state index in [9.17, 15) is 4.79 Å². The first-order valence-corrected chi connectivity index (χ1v) is 11.9. The Morgan fingerprint density at radius 3 is 2.34 bits per heavy atom. The largest absolute Gasteiger partial charge is 0.462 e. The van der Waals surface area contributed by atoms with Gasteiger partial charge in [-0.15, -0.1) is 11.3 Å². The van der Waals surface area contributed by atoms with Crippen LogP contribution >= 0.6 is 11.3 Å². The molecule has 0 saturated carbocycles. The van der Waals surface area contributed by atoms with E-state index in [2.05, 4.69) is 9.80 Å². The maximum absolute atomic E-state index is 12.5. The van der Waals surface area contributed by atoms with Crippen molar-refractivity contribution in [1.29, 1.82) is 0 Å². The van der Waals surface area contributed by atoms with Crippen LogP contribution in [0.3, 0.4) is 0 Å². The molecule has 0 unspecified atom stereocenters. The van der Waals surface area contributed by atoms with Gasteiger partial charge >= 0.3 is 5.97 Å². The van der Waals surface area contributed by atoms with E-state index in [1.165, 1.54) is 56.3 Å². The van der Waals surface area contributed by atoms with Gasteiger partial charge in [-0.3, -0.25) is 4.90 Å². The van der Waals surface area contributed by atoms with Gasteiger partial charge in [-0.25, -0.2) is 14.8 Å². The number of ether oxygens (including phenoxy) is 1. The second-order valence-electron chi connectivity index (χ2n) is 8.16. The molecule has 2 aromatic rings. The molecule has 2 saturated heterocycles. The van der Waals surface area contributed by atoms with Gasteiger partial charge < -0.3 is 9.64 Å². The van der Waals surface area contributed by atoms with E-state index in [4.69, 9.17) is 14.7 Å². The molecular formula is C22H32N4O2S. The molecule has 2 aromatic heterocycles. The van der Waals surface area contributed by atoms with Crippen LogP contribution in [0.25, 0.3) is 10.2 Å². The molecule has 0 spiro atoms. The highest BCUT2D eigenvalue weighted by Crippen LogP contribution is 2.37. The van der Waals surface area contributed by atoms with Gasteiger partial charge in [0.1, 0.15) is 21.3 Å². The van der Waals surface area contributed by atoms with E-state index >= 15 is 0 Å². The normalized spacial score (nSPS) is 18.8. The topological polar surface area (TPSA) is 58.6 Å².